The van der Waals surface area contributed by atoms with E-state index in [0.29, 0.717) is 12.1 Å². The van der Waals surface area contributed by atoms with Gasteiger partial charge in [-0.2, -0.15) is 0 Å². The monoisotopic (exact) mass is 143 g/mol. The molecule has 0 amide bonds. The summed E-state index contributed by atoms with van der Waals surface area (Å²) in [6.07, 6.45) is 0. The predicted molar refractivity (Wildman–Crippen MR) is 44.0 cm³/mol. The average molecular weight is 143 g/mol. The van der Waals surface area contributed by atoms with Crippen molar-refractivity contribution >= 4 is 5.96 Å². The van der Waals surface area contributed by atoms with E-state index >= 15 is 0 Å². The lowest BCUT2D eigenvalue weighted by Crippen LogP contribution is -2.45. The molecule has 3 N–H and O–H groups in total. The Kier molecular flexibility index (Phi) is 3.19. The predicted octanol–water partition coefficient (Wildman–Crippen LogP) is 0.999. The zero-order valence-electron chi connectivity index (χ0n) is 7.18. The second-order valence-corrected chi connectivity index (χ2v) is 2.98. The molecule has 0 radical (unpaired) electrons. The molecule has 0 aromatic carbocycles. The van der Waals surface area contributed by atoms with E-state index in [9.17, 15) is 0 Å². The fraction of sp³-hybridized carbons (Fsp3) is 0.857. The van der Waals surface area contributed by atoms with Gasteiger partial charge in [0.1, 0.15) is 0 Å². The zero-order valence-corrected chi connectivity index (χ0v) is 7.18. The summed E-state index contributed by atoms with van der Waals surface area (Å²) in [6.45, 7) is 8.12. The molecule has 0 aliphatic heterocycles. The Balaban J connectivity index is 4.12. The van der Waals surface area contributed by atoms with E-state index in [2.05, 4.69) is 0 Å². The van der Waals surface area contributed by atoms with Crippen LogP contribution in [0.3, 0.4) is 0 Å². The van der Waals surface area contributed by atoms with Crippen molar-refractivity contribution in [3.05, 3.63) is 0 Å². The van der Waals surface area contributed by atoms with E-state index in [0.717, 1.165) is 0 Å². The highest BCUT2D eigenvalue weighted by Gasteiger charge is 2.13. The van der Waals surface area contributed by atoms with Gasteiger partial charge in [-0.25, -0.2) is 0 Å². The first-order valence-corrected chi connectivity index (χ1v) is 3.59. The fourth-order valence-electron chi connectivity index (χ4n) is 1.15. The molecule has 0 aliphatic carbocycles. The highest BCUT2D eigenvalue weighted by Crippen LogP contribution is 2.02. The van der Waals surface area contributed by atoms with E-state index in [1.807, 2.05) is 32.6 Å². The maximum atomic E-state index is 7.22. The fourth-order valence-corrected chi connectivity index (χ4v) is 1.15. The highest BCUT2D eigenvalue weighted by molar-refractivity contribution is 5.75. The van der Waals surface area contributed by atoms with E-state index in [-0.39, 0.29) is 5.96 Å². The highest BCUT2D eigenvalue weighted by atomic mass is 15.3. The summed E-state index contributed by atoms with van der Waals surface area (Å²) in [7, 11) is 0. The maximum Gasteiger partial charge on any atom is 0.188 e. The Hall–Kier alpha value is -0.730. The van der Waals surface area contributed by atoms with Crippen molar-refractivity contribution in [3.63, 3.8) is 0 Å². The van der Waals surface area contributed by atoms with Gasteiger partial charge in [0, 0.05) is 12.1 Å². The van der Waals surface area contributed by atoms with E-state index in [1.54, 1.807) is 0 Å². The van der Waals surface area contributed by atoms with Crippen molar-refractivity contribution in [1.82, 2.24) is 4.90 Å². The Morgan fingerprint density at radius 1 is 1.20 bits per heavy atom. The number of nitrogens with two attached hydrogens (primary N) is 1. The van der Waals surface area contributed by atoms with Gasteiger partial charge >= 0.3 is 0 Å². The molecular weight excluding hydrogens is 126 g/mol. The van der Waals surface area contributed by atoms with Crippen molar-refractivity contribution < 1.29 is 0 Å². The minimum atomic E-state index is 0.157. The molecule has 3 heteroatoms. The molecule has 0 heterocycles. The van der Waals surface area contributed by atoms with Gasteiger partial charge < -0.3 is 10.6 Å². The first-order valence-electron chi connectivity index (χ1n) is 3.59. The van der Waals surface area contributed by atoms with Gasteiger partial charge in [-0.3, -0.25) is 5.41 Å². The van der Waals surface area contributed by atoms with Gasteiger partial charge in [0.15, 0.2) is 5.96 Å². The number of nitrogens with zero attached hydrogens (tertiary/aromatic N) is 1. The lowest BCUT2D eigenvalue weighted by atomic mass is 10.2. The van der Waals surface area contributed by atoms with Crippen molar-refractivity contribution in [1.29, 1.82) is 5.41 Å². The Morgan fingerprint density at radius 2 is 1.50 bits per heavy atom. The summed E-state index contributed by atoms with van der Waals surface area (Å²) in [5.41, 5.74) is 5.35. The van der Waals surface area contributed by atoms with E-state index < -0.39 is 0 Å². The van der Waals surface area contributed by atoms with Gasteiger partial charge in [-0.15, -0.1) is 0 Å². The number of hydrogen-bond donors (Lipinski definition) is 2. The van der Waals surface area contributed by atoms with Crippen LogP contribution < -0.4 is 5.73 Å². The third-order valence-electron chi connectivity index (χ3n) is 1.39. The zero-order chi connectivity index (χ0) is 8.31. The van der Waals surface area contributed by atoms with Crippen molar-refractivity contribution in [2.45, 2.75) is 39.8 Å². The molecule has 0 aliphatic rings. The average Bonchev–Trinajstić information content (AvgIpc) is 1.59. The summed E-state index contributed by atoms with van der Waals surface area (Å²) in [5.74, 6) is 0.157. The smallest absolute Gasteiger partial charge is 0.188 e. The second kappa shape index (κ2) is 3.44. The molecule has 0 saturated heterocycles. The molecule has 0 aromatic rings. The van der Waals surface area contributed by atoms with E-state index in [1.165, 1.54) is 0 Å². The molecule has 0 spiro atoms. The number of nitrogens with one attached hydrogen (secondary N) is 1. The normalized spacial score (nSPS) is 10.6. The lowest BCUT2D eigenvalue weighted by molar-refractivity contribution is 0.287. The van der Waals surface area contributed by atoms with Gasteiger partial charge in [0.05, 0.1) is 0 Å². The number of hydrogen-bond acceptors (Lipinski definition) is 1. The van der Waals surface area contributed by atoms with Gasteiger partial charge in [-0.05, 0) is 27.7 Å². The van der Waals surface area contributed by atoms with Crippen LogP contribution >= 0.6 is 0 Å². The van der Waals surface area contributed by atoms with Crippen LogP contribution in [-0.2, 0) is 0 Å². The topological polar surface area (TPSA) is 53.1 Å². The van der Waals surface area contributed by atoms with Crippen molar-refractivity contribution in [2.24, 2.45) is 5.73 Å². The molecule has 0 unspecified atom stereocenters. The van der Waals surface area contributed by atoms with Crippen LogP contribution in [0.4, 0.5) is 0 Å². The summed E-state index contributed by atoms with van der Waals surface area (Å²) in [5, 5.41) is 7.22. The SMILES string of the molecule is CC(C)N(C(=N)N)C(C)C. The van der Waals surface area contributed by atoms with Crippen molar-refractivity contribution in [3.8, 4) is 0 Å². The van der Waals surface area contributed by atoms with Gasteiger partial charge in [0.25, 0.3) is 0 Å². The van der Waals surface area contributed by atoms with Gasteiger partial charge in [-0.1, -0.05) is 0 Å². The number of guanidine groups is 1. The number of rotatable bonds is 2. The van der Waals surface area contributed by atoms with Crippen LogP contribution in [0.2, 0.25) is 0 Å². The van der Waals surface area contributed by atoms with Crippen LogP contribution in [0.25, 0.3) is 0 Å². The molecule has 0 rings (SSSR count). The van der Waals surface area contributed by atoms with Crippen molar-refractivity contribution in [2.75, 3.05) is 0 Å². The lowest BCUT2D eigenvalue weighted by Gasteiger charge is -2.30. The van der Waals surface area contributed by atoms with Crippen LogP contribution in [-0.4, -0.2) is 22.9 Å². The second-order valence-electron chi connectivity index (χ2n) is 2.98. The molecule has 3 nitrogen and oxygen atoms in total. The summed E-state index contributed by atoms with van der Waals surface area (Å²) >= 11 is 0. The first kappa shape index (κ1) is 9.27. The third kappa shape index (κ3) is 2.25. The molecule has 10 heavy (non-hydrogen) atoms. The molecule has 0 aromatic heterocycles. The largest absolute Gasteiger partial charge is 0.370 e. The summed E-state index contributed by atoms with van der Waals surface area (Å²) in [6, 6.07) is 0.634. The summed E-state index contributed by atoms with van der Waals surface area (Å²) in [4.78, 5) is 1.86. The summed E-state index contributed by atoms with van der Waals surface area (Å²) < 4.78 is 0. The molecular formula is C7H17N3. The van der Waals surface area contributed by atoms with E-state index in [4.69, 9.17) is 11.1 Å². The molecule has 0 atom stereocenters. The Morgan fingerprint density at radius 3 is 1.50 bits per heavy atom. The Bertz CT molecular complexity index is 110. The molecule has 60 valence electrons. The third-order valence-corrected chi connectivity index (χ3v) is 1.39. The molecule has 0 fully saturated rings. The van der Waals surface area contributed by atoms with Crippen LogP contribution in [0.1, 0.15) is 27.7 Å². The minimum Gasteiger partial charge on any atom is -0.370 e. The standard InChI is InChI=1S/C7H17N3/c1-5(2)10(6(3)4)7(8)9/h5-6H,1-4H3,(H3,8,9). The van der Waals surface area contributed by atoms with Crippen LogP contribution in [0.15, 0.2) is 0 Å². The molecule has 0 saturated carbocycles. The molecule has 0 bridgehead atoms. The van der Waals surface area contributed by atoms with Gasteiger partial charge in [0.2, 0.25) is 0 Å². The van der Waals surface area contributed by atoms with Crippen LogP contribution in [0, 0.1) is 5.41 Å². The minimum absolute atomic E-state index is 0.157. The maximum absolute atomic E-state index is 7.22. The quantitative estimate of drug-likeness (QED) is 0.447. The first-order chi connectivity index (χ1) is 4.46. The van der Waals surface area contributed by atoms with Crippen LogP contribution in [0.5, 0.6) is 0 Å². The Labute approximate surface area is 62.7 Å².